The molecular formula is C12H18N4O4. The number of amides is 2. The summed E-state index contributed by atoms with van der Waals surface area (Å²) in [5, 5.41) is 2.61. The van der Waals surface area contributed by atoms with Gasteiger partial charge in [-0.1, -0.05) is 0 Å². The molecule has 4 N–H and O–H groups in total. The number of nitrogens with zero attached hydrogens (tertiary/aromatic N) is 1. The molecule has 2 amide bonds. The molecule has 0 saturated carbocycles. The van der Waals surface area contributed by atoms with Gasteiger partial charge in [0, 0.05) is 13.6 Å². The molecule has 0 aromatic carbocycles. The highest BCUT2D eigenvalue weighted by atomic mass is 16.5. The fraction of sp³-hybridized carbons (Fsp3) is 0.500. The van der Waals surface area contributed by atoms with E-state index in [0.29, 0.717) is 37.6 Å². The molecule has 1 aliphatic rings. The van der Waals surface area contributed by atoms with E-state index in [-0.39, 0.29) is 11.9 Å². The minimum absolute atomic E-state index is 0.101. The van der Waals surface area contributed by atoms with Crippen LogP contribution in [0, 0.1) is 0 Å². The Labute approximate surface area is 116 Å². The Bertz CT molecular complexity index is 488. The molecule has 2 rings (SSSR count). The van der Waals surface area contributed by atoms with E-state index >= 15 is 0 Å². The first-order chi connectivity index (χ1) is 9.65. The van der Waals surface area contributed by atoms with Crippen LogP contribution < -0.4 is 16.6 Å². The van der Waals surface area contributed by atoms with Crippen LogP contribution in [0.4, 0.5) is 0 Å². The number of furan rings is 1. The average Bonchev–Trinajstić information content (AvgIpc) is 2.94. The number of nitrogens with one attached hydrogen (secondary N) is 2. The number of nitrogens with two attached hydrogens (primary N) is 1. The number of hydrazine groups is 1. The average molecular weight is 282 g/mol. The lowest BCUT2D eigenvalue weighted by atomic mass is 10.2. The predicted octanol–water partition coefficient (Wildman–Crippen LogP) is -1.17. The largest absolute Gasteiger partial charge is 0.467 e. The van der Waals surface area contributed by atoms with E-state index in [1.807, 2.05) is 10.3 Å². The first-order valence-electron chi connectivity index (χ1n) is 6.27. The molecule has 1 atom stereocenters. The third kappa shape index (κ3) is 3.16. The number of nitrogen functional groups attached to an aromatic ring is 1. The molecule has 1 aromatic heterocycles. The van der Waals surface area contributed by atoms with Crippen molar-refractivity contribution < 1.29 is 18.7 Å². The highest BCUT2D eigenvalue weighted by molar-refractivity contribution is 5.93. The van der Waals surface area contributed by atoms with Crippen molar-refractivity contribution in [3.63, 3.8) is 0 Å². The Kier molecular flexibility index (Phi) is 4.72. The molecule has 8 heteroatoms. The van der Waals surface area contributed by atoms with Gasteiger partial charge in [-0.05, 0) is 6.07 Å². The van der Waals surface area contributed by atoms with Crippen LogP contribution in [0.1, 0.15) is 16.1 Å². The molecule has 1 saturated heterocycles. The van der Waals surface area contributed by atoms with Gasteiger partial charge < -0.3 is 14.5 Å². The number of likely N-dealkylation sites (N-methyl/N-ethyl adjacent to an activating group) is 1. The van der Waals surface area contributed by atoms with Crippen LogP contribution in [-0.4, -0.2) is 49.6 Å². The number of hydrogen-bond donors (Lipinski definition) is 3. The van der Waals surface area contributed by atoms with Gasteiger partial charge in [0.1, 0.15) is 18.1 Å². The number of carbonyl (C=O) groups is 2. The van der Waals surface area contributed by atoms with Crippen molar-refractivity contribution in [2.45, 2.75) is 12.6 Å². The molecule has 0 bridgehead atoms. The summed E-state index contributed by atoms with van der Waals surface area (Å²) in [5.74, 6) is 5.14. The fourth-order valence-corrected chi connectivity index (χ4v) is 2.10. The van der Waals surface area contributed by atoms with Crippen LogP contribution in [0.25, 0.3) is 0 Å². The summed E-state index contributed by atoms with van der Waals surface area (Å²) in [4.78, 5) is 25.1. The normalized spacial score (nSPS) is 19.6. The minimum Gasteiger partial charge on any atom is -0.467 e. The van der Waals surface area contributed by atoms with Crippen molar-refractivity contribution in [1.29, 1.82) is 0 Å². The monoisotopic (exact) mass is 282 g/mol. The Morgan fingerprint density at radius 3 is 3.05 bits per heavy atom. The molecule has 1 aliphatic heterocycles. The summed E-state index contributed by atoms with van der Waals surface area (Å²) in [6.07, 6.45) is 1.34. The third-order valence-corrected chi connectivity index (χ3v) is 3.19. The lowest BCUT2D eigenvalue weighted by molar-refractivity contribution is -0.132. The summed E-state index contributed by atoms with van der Waals surface area (Å²) in [6.45, 7) is 1.96. The van der Waals surface area contributed by atoms with Crippen LogP contribution in [-0.2, 0) is 16.1 Å². The Hall–Kier alpha value is -1.90. The van der Waals surface area contributed by atoms with Crippen LogP contribution in [0.15, 0.2) is 16.7 Å². The zero-order valence-electron chi connectivity index (χ0n) is 11.2. The Morgan fingerprint density at radius 2 is 2.35 bits per heavy atom. The van der Waals surface area contributed by atoms with E-state index in [1.54, 1.807) is 13.1 Å². The second-order valence-electron chi connectivity index (χ2n) is 4.45. The molecule has 1 fully saturated rings. The number of ether oxygens (including phenoxy) is 1. The summed E-state index contributed by atoms with van der Waals surface area (Å²) in [7, 11) is 1.59. The molecule has 0 radical (unpaired) electrons. The van der Waals surface area contributed by atoms with Crippen LogP contribution in [0.5, 0.6) is 0 Å². The quantitative estimate of drug-likeness (QED) is 0.365. The first-order valence-corrected chi connectivity index (χ1v) is 6.27. The van der Waals surface area contributed by atoms with Gasteiger partial charge in [-0.2, -0.15) is 0 Å². The van der Waals surface area contributed by atoms with Crippen molar-refractivity contribution in [2.24, 2.45) is 5.84 Å². The van der Waals surface area contributed by atoms with Crippen molar-refractivity contribution in [3.8, 4) is 0 Å². The van der Waals surface area contributed by atoms with Crippen molar-refractivity contribution in [2.75, 3.05) is 26.8 Å². The first kappa shape index (κ1) is 14.5. The lowest BCUT2D eigenvalue weighted by Gasteiger charge is -2.33. The smallest absolute Gasteiger partial charge is 0.268 e. The number of carbonyl (C=O) groups excluding carboxylic acids is 2. The molecule has 1 aromatic rings. The van der Waals surface area contributed by atoms with Crippen molar-refractivity contribution in [1.82, 2.24) is 15.6 Å². The van der Waals surface area contributed by atoms with Crippen LogP contribution >= 0.6 is 0 Å². The molecule has 0 spiro atoms. The highest BCUT2D eigenvalue weighted by Crippen LogP contribution is 2.15. The van der Waals surface area contributed by atoms with Gasteiger partial charge in [-0.3, -0.25) is 19.9 Å². The SMILES string of the molecule is CNC(=O)C1COCCN1Cc1cc(C(=O)NN)co1. The fourth-order valence-electron chi connectivity index (χ4n) is 2.10. The van der Waals surface area contributed by atoms with Crippen molar-refractivity contribution >= 4 is 11.8 Å². The number of morpholine rings is 1. The van der Waals surface area contributed by atoms with Gasteiger partial charge in [0.2, 0.25) is 5.91 Å². The summed E-state index contributed by atoms with van der Waals surface area (Å²) in [5.41, 5.74) is 2.39. The molecule has 1 unspecified atom stereocenters. The Morgan fingerprint density at radius 1 is 1.55 bits per heavy atom. The lowest BCUT2D eigenvalue weighted by Crippen LogP contribution is -2.52. The summed E-state index contributed by atoms with van der Waals surface area (Å²) < 4.78 is 10.6. The topological polar surface area (TPSA) is 110 Å². The van der Waals surface area contributed by atoms with Gasteiger partial charge in [-0.15, -0.1) is 0 Å². The van der Waals surface area contributed by atoms with Gasteiger partial charge in [0.05, 0.1) is 25.3 Å². The van der Waals surface area contributed by atoms with Gasteiger partial charge in [-0.25, -0.2) is 5.84 Å². The molecule has 0 aliphatic carbocycles. The van der Waals surface area contributed by atoms with E-state index in [2.05, 4.69) is 5.32 Å². The maximum absolute atomic E-state index is 11.8. The molecule has 110 valence electrons. The molecule has 20 heavy (non-hydrogen) atoms. The minimum atomic E-state index is -0.412. The second kappa shape index (κ2) is 6.51. The predicted molar refractivity (Wildman–Crippen MR) is 69.4 cm³/mol. The standard InChI is InChI=1S/C12H18N4O4/c1-14-12(18)10-7-19-3-2-16(10)5-9-4-8(6-20-9)11(17)15-13/h4,6,10H,2-3,5,7,13H2,1H3,(H,14,18)(H,15,17). The maximum atomic E-state index is 11.8. The van der Waals surface area contributed by atoms with E-state index in [9.17, 15) is 9.59 Å². The van der Waals surface area contributed by atoms with Gasteiger partial charge in [0.15, 0.2) is 0 Å². The van der Waals surface area contributed by atoms with Gasteiger partial charge in [0.25, 0.3) is 5.91 Å². The maximum Gasteiger partial charge on any atom is 0.268 e. The second-order valence-corrected chi connectivity index (χ2v) is 4.45. The van der Waals surface area contributed by atoms with E-state index in [0.717, 1.165) is 0 Å². The Balaban J connectivity index is 2.05. The van der Waals surface area contributed by atoms with Crippen LogP contribution in [0.3, 0.4) is 0 Å². The highest BCUT2D eigenvalue weighted by Gasteiger charge is 2.29. The zero-order valence-corrected chi connectivity index (χ0v) is 11.2. The van der Waals surface area contributed by atoms with Crippen molar-refractivity contribution in [3.05, 3.63) is 23.7 Å². The van der Waals surface area contributed by atoms with E-state index in [4.69, 9.17) is 15.0 Å². The van der Waals surface area contributed by atoms with E-state index < -0.39 is 5.91 Å². The third-order valence-electron chi connectivity index (χ3n) is 3.19. The summed E-state index contributed by atoms with van der Waals surface area (Å²) in [6, 6.07) is 1.25. The van der Waals surface area contributed by atoms with Crippen LogP contribution in [0.2, 0.25) is 0 Å². The van der Waals surface area contributed by atoms with Gasteiger partial charge >= 0.3 is 0 Å². The number of rotatable bonds is 4. The number of hydrogen-bond acceptors (Lipinski definition) is 6. The van der Waals surface area contributed by atoms with E-state index in [1.165, 1.54) is 6.26 Å². The molecular weight excluding hydrogens is 264 g/mol. The summed E-state index contributed by atoms with van der Waals surface area (Å²) >= 11 is 0. The molecule has 8 nitrogen and oxygen atoms in total. The molecule has 2 heterocycles. The zero-order chi connectivity index (χ0) is 14.5.